The largest absolute Gasteiger partial charge is 0.472 e. The molecular formula is C83H138O17P2. The van der Waals surface area contributed by atoms with E-state index in [4.69, 9.17) is 37.0 Å². The Labute approximate surface area is 617 Å². The molecule has 0 amide bonds. The molecule has 5 unspecified atom stereocenters. The van der Waals surface area contributed by atoms with Gasteiger partial charge in [-0.15, -0.1) is 0 Å². The van der Waals surface area contributed by atoms with Crippen LogP contribution in [-0.2, 0) is 65.4 Å². The van der Waals surface area contributed by atoms with Crippen molar-refractivity contribution >= 4 is 39.5 Å². The van der Waals surface area contributed by atoms with Gasteiger partial charge in [-0.25, -0.2) is 9.13 Å². The molecule has 17 nitrogen and oxygen atoms in total. The monoisotopic (exact) mass is 1470 g/mol. The third kappa shape index (κ3) is 73.3. The summed E-state index contributed by atoms with van der Waals surface area (Å²) < 4.78 is 68.5. The minimum absolute atomic E-state index is 0.0360. The Morgan fingerprint density at radius 3 is 0.814 bits per heavy atom. The number of ether oxygens (including phenoxy) is 4. The van der Waals surface area contributed by atoms with Crippen molar-refractivity contribution < 1.29 is 80.2 Å². The number of hydrogen-bond acceptors (Lipinski definition) is 15. The van der Waals surface area contributed by atoms with E-state index >= 15 is 0 Å². The van der Waals surface area contributed by atoms with Gasteiger partial charge in [0.15, 0.2) is 12.2 Å². The molecule has 0 saturated carbocycles. The normalized spacial score (nSPS) is 14.7. The Balaban J connectivity index is 5.42. The second-order valence-corrected chi connectivity index (χ2v) is 28.4. The van der Waals surface area contributed by atoms with E-state index in [1.165, 1.54) is 25.7 Å². The fourth-order valence-electron chi connectivity index (χ4n) is 9.92. The van der Waals surface area contributed by atoms with Crippen molar-refractivity contribution in [3.05, 3.63) is 146 Å². The fourth-order valence-corrected chi connectivity index (χ4v) is 11.5. The first-order chi connectivity index (χ1) is 49.7. The molecule has 0 aliphatic heterocycles. The molecule has 0 saturated heterocycles. The van der Waals surface area contributed by atoms with Gasteiger partial charge in [0.25, 0.3) is 0 Å². The maximum atomic E-state index is 13.1. The van der Waals surface area contributed by atoms with Gasteiger partial charge in [0, 0.05) is 25.7 Å². The van der Waals surface area contributed by atoms with Crippen LogP contribution in [0.15, 0.2) is 146 Å². The van der Waals surface area contributed by atoms with Crippen molar-refractivity contribution in [1.29, 1.82) is 0 Å². The van der Waals surface area contributed by atoms with E-state index in [1.807, 2.05) is 0 Å². The average molecular weight is 1470 g/mol. The number of aliphatic hydroxyl groups is 1. The van der Waals surface area contributed by atoms with E-state index < -0.39 is 97.5 Å². The number of esters is 4. The highest BCUT2D eigenvalue weighted by molar-refractivity contribution is 7.47. The highest BCUT2D eigenvalue weighted by atomic mass is 31.2. The zero-order valence-electron chi connectivity index (χ0n) is 63.5. The number of hydrogen-bond donors (Lipinski definition) is 3. The van der Waals surface area contributed by atoms with Gasteiger partial charge in [-0.2, -0.15) is 0 Å². The lowest BCUT2D eigenvalue weighted by atomic mass is 10.1. The van der Waals surface area contributed by atoms with Crippen LogP contribution in [-0.4, -0.2) is 96.7 Å². The number of unbranched alkanes of at least 4 members (excludes halogenated alkanes) is 22. The maximum absolute atomic E-state index is 13.1. The van der Waals surface area contributed by atoms with Crippen LogP contribution < -0.4 is 0 Å². The number of phosphoric acid groups is 2. The second-order valence-electron chi connectivity index (χ2n) is 25.5. The Morgan fingerprint density at radius 1 is 0.284 bits per heavy atom. The van der Waals surface area contributed by atoms with E-state index in [9.17, 15) is 43.2 Å². The predicted octanol–water partition coefficient (Wildman–Crippen LogP) is 22.7. The van der Waals surface area contributed by atoms with Gasteiger partial charge in [0.1, 0.15) is 19.3 Å². The predicted molar refractivity (Wildman–Crippen MR) is 417 cm³/mol. The van der Waals surface area contributed by atoms with Crippen LogP contribution in [0.5, 0.6) is 0 Å². The fraction of sp³-hybridized carbons (Fsp3) is 0.663. The Hall–Kier alpha value is -5.06. The average Bonchev–Trinajstić information content (AvgIpc) is 0.908. The molecule has 102 heavy (non-hydrogen) atoms. The quantitative estimate of drug-likeness (QED) is 0.0169. The van der Waals surface area contributed by atoms with Crippen molar-refractivity contribution in [3.63, 3.8) is 0 Å². The molecule has 0 aromatic heterocycles. The summed E-state index contributed by atoms with van der Waals surface area (Å²) in [5, 5.41) is 10.6. The van der Waals surface area contributed by atoms with Crippen LogP contribution >= 0.6 is 15.6 Å². The Kier molecular flexibility index (Phi) is 70.5. The van der Waals surface area contributed by atoms with Crippen LogP contribution in [0.3, 0.4) is 0 Å². The minimum atomic E-state index is -5.00. The number of rotatable bonds is 72. The summed E-state index contributed by atoms with van der Waals surface area (Å²) in [6.07, 6.45) is 84.1. The lowest BCUT2D eigenvalue weighted by molar-refractivity contribution is -0.161. The maximum Gasteiger partial charge on any atom is 0.472 e. The lowest BCUT2D eigenvalue weighted by Gasteiger charge is -2.21. The topological polar surface area (TPSA) is 237 Å². The zero-order chi connectivity index (χ0) is 74.6. The zero-order valence-corrected chi connectivity index (χ0v) is 65.3. The van der Waals surface area contributed by atoms with Crippen LogP contribution in [0.1, 0.15) is 297 Å². The smallest absolute Gasteiger partial charge is 0.462 e. The van der Waals surface area contributed by atoms with Crippen molar-refractivity contribution in [1.82, 2.24) is 0 Å². The molecule has 0 aromatic carbocycles. The Morgan fingerprint density at radius 2 is 0.510 bits per heavy atom. The number of carbonyl (C=O) groups excluding carboxylic acids is 4. The molecule has 0 spiro atoms. The number of aliphatic hydroxyl groups excluding tert-OH is 1. The van der Waals surface area contributed by atoms with Crippen molar-refractivity contribution in [2.75, 3.05) is 39.6 Å². The van der Waals surface area contributed by atoms with Gasteiger partial charge in [-0.1, -0.05) is 257 Å². The third-order valence-corrected chi connectivity index (χ3v) is 17.7. The van der Waals surface area contributed by atoms with E-state index in [2.05, 4.69) is 174 Å². The van der Waals surface area contributed by atoms with Crippen molar-refractivity contribution in [3.8, 4) is 0 Å². The summed E-state index contributed by atoms with van der Waals surface area (Å²) in [7, 11) is -9.99. The SMILES string of the molecule is CC/C=C\C/C=C\C/C=C\C/C=C\CCCCCCC(=O)OCC(COP(=O)(O)OCC(O)COP(=O)(O)OCC(COC(=O)CCCCCCCCC/C=C\C/C=C\C/C=C\CC)OC(=O)CCCC/C=C\C/C=C\C/C=C\C/C=C\CC)OC(=O)CCCCCCC/C=C\CCCCCC. The van der Waals surface area contributed by atoms with Crippen LogP contribution in [0.4, 0.5) is 0 Å². The molecule has 0 aliphatic carbocycles. The van der Waals surface area contributed by atoms with Crippen LogP contribution in [0, 0.1) is 0 Å². The second kappa shape index (κ2) is 74.2. The molecule has 0 bridgehead atoms. The lowest BCUT2D eigenvalue weighted by Crippen LogP contribution is -2.30. The molecule has 0 aliphatic rings. The molecule has 5 atom stereocenters. The van der Waals surface area contributed by atoms with Crippen LogP contribution in [0.25, 0.3) is 0 Å². The molecule has 0 heterocycles. The van der Waals surface area contributed by atoms with E-state index in [-0.39, 0.29) is 25.7 Å². The van der Waals surface area contributed by atoms with Crippen LogP contribution in [0.2, 0.25) is 0 Å². The molecule has 19 heteroatoms. The van der Waals surface area contributed by atoms with Gasteiger partial charge in [-0.3, -0.25) is 37.3 Å². The van der Waals surface area contributed by atoms with E-state index in [0.717, 1.165) is 186 Å². The summed E-state index contributed by atoms with van der Waals surface area (Å²) in [5.74, 6) is -2.27. The Bertz CT molecular complexity index is 2510. The van der Waals surface area contributed by atoms with Gasteiger partial charge in [0.2, 0.25) is 0 Å². The summed E-state index contributed by atoms with van der Waals surface area (Å²) >= 11 is 0. The minimum Gasteiger partial charge on any atom is -0.462 e. The third-order valence-electron chi connectivity index (χ3n) is 15.8. The van der Waals surface area contributed by atoms with E-state index in [0.29, 0.717) is 32.1 Å². The number of allylic oxidation sites excluding steroid dienone is 24. The van der Waals surface area contributed by atoms with E-state index in [1.54, 1.807) is 0 Å². The van der Waals surface area contributed by atoms with Gasteiger partial charge in [0.05, 0.1) is 26.4 Å². The summed E-state index contributed by atoms with van der Waals surface area (Å²) in [6, 6.07) is 0. The molecule has 0 aromatic rings. The molecule has 0 radical (unpaired) electrons. The number of phosphoric ester groups is 2. The molecule has 3 N–H and O–H groups in total. The summed E-state index contributed by atoms with van der Waals surface area (Å²) in [6.45, 7) is 4.42. The molecular weight excluding hydrogens is 1330 g/mol. The summed E-state index contributed by atoms with van der Waals surface area (Å²) in [5.41, 5.74) is 0. The first-order valence-corrected chi connectivity index (χ1v) is 42.1. The van der Waals surface area contributed by atoms with Crippen molar-refractivity contribution in [2.24, 2.45) is 0 Å². The first kappa shape index (κ1) is 96.9. The molecule has 0 fully saturated rings. The van der Waals surface area contributed by atoms with Gasteiger partial charge >= 0.3 is 39.5 Å². The van der Waals surface area contributed by atoms with Crippen molar-refractivity contribution in [2.45, 2.75) is 316 Å². The standard InChI is InChI=1S/C83H138O17P2/c1-5-9-13-17-21-25-29-33-36-38-41-44-47-51-55-59-63-67-80(85)93-73-78(99-82(87)69-65-61-57-53-49-43-32-28-24-20-16-12-8-4)75-97-101(89,90)95-71-77(84)72-96-102(91,92)98-76-79(100-83(88)70-66-62-58-54-50-46-40-35-31-27-23-19-15-11-7-3)74-94-81(86)68-64-60-56-52-48-45-42-39-37-34-30-26-22-18-14-10-6-2/h9-11,13-15,21-23,25-28,32-37,40-41,44,50,54,77-79,84H,5-8,12,16-20,24,29-31,38-39,42-43,45-49,51-53,55-76H2,1-4H3,(H,89,90)(H,91,92)/b13-9-,14-10-,15-11-,25-21-,26-22-,27-23-,32-28-,36-33-,37-34-,40-35-,44-41-,54-50-. The molecule has 0 rings (SSSR count). The highest BCUT2D eigenvalue weighted by Crippen LogP contribution is 2.45. The van der Waals surface area contributed by atoms with Gasteiger partial charge in [-0.05, 0) is 161 Å². The first-order valence-electron chi connectivity index (χ1n) is 39.1. The summed E-state index contributed by atoms with van der Waals surface area (Å²) in [4.78, 5) is 72.9. The van der Waals surface area contributed by atoms with Gasteiger partial charge < -0.3 is 33.8 Å². The highest BCUT2D eigenvalue weighted by Gasteiger charge is 2.30. The molecule has 582 valence electrons. The number of carbonyl (C=O) groups is 4.